The Balaban J connectivity index is 0.00000190. The van der Waals surface area contributed by atoms with E-state index in [0.717, 1.165) is 12.8 Å². The van der Waals surface area contributed by atoms with Crippen LogP contribution in [0.3, 0.4) is 0 Å². The normalized spacial score (nSPS) is 16.7. The molecule has 1 atom stereocenters. The Bertz CT molecular complexity index is 1470. The Morgan fingerprint density at radius 3 is 2.19 bits per heavy atom. The molecule has 196 valence electrons. The van der Waals surface area contributed by atoms with Gasteiger partial charge in [-0.25, -0.2) is 0 Å². The van der Waals surface area contributed by atoms with E-state index in [-0.39, 0.29) is 30.2 Å². The van der Waals surface area contributed by atoms with Crippen LogP contribution in [0.25, 0.3) is 11.1 Å². The van der Waals surface area contributed by atoms with Gasteiger partial charge in [0.1, 0.15) is 0 Å². The quantitative estimate of drug-likeness (QED) is 0.216. The summed E-state index contributed by atoms with van der Waals surface area (Å²) < 4.78 is 12.8. The van der Waals surface area contributed by atoms with Crippen molar-refractivity contribution in [3.05, 3.63) is 104 Å². The molecule has 2 aliphatic carbocycles. The van der Waals surface area contributed by atoms with E-state index in [1.807, 2.05) is 0 Å². The van der Waals surface area contributed by atoms with Gasteiger partial charge in [0.25, 0.3) is 0 Å². The number of rotatable bonds is 4. The molecule has 2 aliphatic rings. The third kappa shape index (κ3) is 4.64. The molecule has 3 aromatic rings. The van der Waals surface area contributed by atoms with Gasteiger partial charge in [0.15, 0.2) is 0 Å². The molecule has 0 saturated carbocycles. The molecule has 0 bridgehead atoms. The Hall–Kier alpha value is -1.53. The Kier molecular flexibility index (Phi) is 8.29. The van der Waals surface area contributed by atoms with Gasteiger partial charge in [0.2, 0.25) is 0 Å². The summed E-state index contributed by atoms with van der Waals surface area (Å²) in [7, 11) is 0. The third-order valence-corrected chi connectivity index (χ3v) is 23.7. The first-order chi connectivity index (χ1) is 16.4. The van der Waals surface area contributed by atoms with E-state index in [2.05, 4.69) is 119 Å². The van der Waals surface area contributed by atoms with Crippen molar-refractivity contribution in [1.29, 1.82) is 0 Å². The molecule has 0 fully saturated rings. The fourth-order valence-electron chi connectivity index (χ4n) is 6.94. The zero-order valence-electron chi connectivity index (χ0n) is 23.4. The number of hydrogen-bond donors (Lipinski definition) is 0. The van der Waals surface area contributed by atoms with Crippen LogP contribution in [0.2, 0.25) is 4.63 Å². The van der Waals surface area contributed by atoms with Crippen molar-refractivity contribution in [2.24, 2.45) is 11.3 Å². The van der Waals surface area contributed by atoms with E-state index in [0.29, 0.717) is 5.92 Å². The summed E-state index contributed by atoms with van der Waals surface area (Å²) in [6.07, 6.45) is 7.30. The number of aryl methyl sites for hydroxylation is 2. The van der Waals surface area contributed by atoms with Crippen LogP contribution in [0.5, 0.6) is 0 Å². The summed E-state index contributed by atoms with van der Waals surface area (Å²) >= 11 is -4.23. The van der Waals surface area contributed by atoms with E-state index in [1.54, 1.807) is 6.55 Å². The van der Waals surface area contributed by atoms with Gasteiger partial charge in [0.05, 0.1) is 0 Å². The topological polar surface area (TPSA) is 0 Å². The van der Waals surface area contributed by atoms with Crippen molar-refractivity contribution >= 4 is 35.6 Å². The Labute approximate surface area is 237 Å². The molecule has 1 unspecified atom stereocenters. The maximum atomic E-state index is 5.47. The molecular weight excluding hydrogens is 571 g/mol. The van der Waals surface area contributed by atoms with Crippen LogP contribution in [0.1, 0.15) is 56.4 Å². The molecule has 0 aromatic heterocycles. The molecule has 0 amide bonds. The average molecular weight is 613 g/mol. The van der Waals surface area contributed by atoms with Gasteiger partial charge in [0, 0.05) is 0 Å². The summed E-state index contributed by atoms with van der Waals surface area (Å²) in [5.41, 5.74) is 10.2. The van der Waals surface area contributed by atoms with Crippen LogP contribution in [-0.4, -0.2) is 4.21 Å². The molecule has 0 spiro atoms. The molecule has 0 radical (unpaired) electrons. The van der Waals surface area contributed by atoms with E-state index in [9.17, 15) is 0 Å². The van der Waals surface area contributed by atoms with Gasteiger partial charge in [-0.15, -0.1) is 24.8 Å². The van der Waals surface area contributed by atoms with Crippen LogP contribution in [0, 0.1) is 25.2 Å². The Morgan fingerprint density at radius 1 is 0.919 bits per heavy atom. The van der Waals surface area contributed by atoms with Gasteiger partial charge < -0.3 is 0 Å². The first-order valence-electron chi connectivity index (χ1n) is 13.2. The molecule has 37 heavy (non-hydrogen) atoms. The molecule has 0 saturated heterocycles. The van der Waals surface area contributed by atoms with Gasteiger partial charge in [-0.05, 0) is 0 Å². The SMILES string of the molecule is Cl.Cl.[CH2]=[Zr]([CH3])([C]1=CC(C(C)(C)C)=CC1CC)([c]1ccccc1)[c]1c(C)ccc2c1Cc1cc(C)ccc1-2. The van der Waals surface area contributed by atoms with Crippen molar-refractivity contribution < 1.29 is 18.3 Å². The molecule has 3 heteroatoms. The second kappa shape index (κ2) is 10.2. The molecule has 0 heterocycles. The van der Waals surface area contributed by atoms with Crippen LogP contribution in [-0.2, 0) is 24.7 Å². The van der Waals surface area contributed by atoms with E-state index >= 15 is 0 Å². The van der Waals surface area contributed by atoms with Crippen molar-refractivity contribution in [2.45, 2.75) is 59.0 Å². The van der Waals surface area contributed by atoms with Crippen LogP contribution >= 0.6 is 24.8 Å². The van der Waals surface area contributed by atoms with Crippen molar-refractivity contribution in [3.8, 4) is 11.1 Å². The molecule has 0 nitrogen and oxygen atoms in total. The summed E-state index contributed by atoms with van der Waals surface area (Å²) in [4.78, 5) is 0. The van der Waals surface area contributed by atoms with Gasteiger partial charge in [-0.3, -0.25) is 0 Å². The van der Waals surface area contributed by atoms with Gasteiger partial charge in [-0.2, -0.15) is 0 Å². The fourth-order valence-corrected chi connectivity index (χ4v) is 21.8. The van der Waals surface area contributed by atoms with E-state index in [4.69, 9.17) is 4.21 Å². The van der Waals surface area contributed by atoms with E-state index in [1.165, 1.54) is 42.2 Å². The standard InChI is InChI=1S/C15H13.C11H17.C6H5.CH3.CH2.2ClH.Zr/c1-10-3-5-14-12(7-10)9-13-8-11(2)4-6-15(13)14;1-5-9-6-7-10(8-9)11(2,3)4;1-2-4-6-5-3-1;;;;;/h3-7H,9H2,1-2H3;7-9H,5H2,1-4H3;1-5H;1H3;1H2;2*1H;. The van der Waals surface area contributed by atoms with Gasteiger partial charge in [-0.1, -0.05) is 0 Å². The molecule has 0 aliphatic heterocycles. The van der Waals surface area contributed by atoms with Crippen LogP contribution < -0.4 is 6.54 Å². The first-order valence-corrected chi connectivity index (χ1v) is 21.1. The predicted molar refractivity (Wildman–Crippen MR) is 167 cm³/mol. The van der Waals surface area contributed by atoms with Crippen molar-refractivity contribution in [2.75, 3.05) is 0 Å². The summed E-state index contributed by atoms with van der Waals surface area (Å²) in [5.74, 6) is 0.457. The maximum absolute atomic E-state index is 5.47. The molecule has 0 N–H and O–H groups in total. The predicted octanol–water partition coefficient (Wildman–Crippen LogP) is 8.73. The van der Waals surface area contributed by atoms with E-state index < -0.39 is 18.3 Å². The van der Waals surface area contributed by atoms with Crippen LogP contribution in [0.4, 0.5) is 0 Å². The minimum absolute atomic E-state index is 0. The summed E-state index contributed by atoms with van der Waals surface area (Å²) in [5, 5.41) is 0. The minimum atomic E-state index is -4.23. The number of allylic oxidation sites excluding steroid dienone is 4. The molecule has 5 rings (SSSR count). The van der Waals surface area contributed by atoms with Gasteiger partial charge >= 0.3 is 214 Å². The molecular formula is C34H42Cl2Zr. The summed E-state index contributed by atoms with van der Waals surface area (Å²) in [6.45, 7) is 13.9. The zero-order valence-corrected chi connectivity index (χ0v) is 27.5. The Morgan fingerprint density at radius 2 is 1.57 bits per heavy atom. The number of hydrogen-bond acceptors (Lipinski definition) is 0. The number of halogens is 2. The monoisotopic (exact) mass is 610 g/mol. The second-order valence-electron chi connectivity index (χ2n) is 12.5. The fraction of sp³-hybridized carbons (Fsp3) is 0.324. The second-order valence-corrected chi connectivity index (χ2v) is 26.4. The zero-order chi connectivity index (χ0) is 25.2. The first kappa shape index (κ1) is 30.0. The average Bonchev–Trinajstić information content (AvgIpc) is 3.41. The number of benzene rings is 3. The summed E-state index contributed by atoms with van der Waals surface area (Å²) in [6, 6.07) is 23.1. The third-order valence-electron chi connectivity index (χ3n) is 8.85. The van der Waals surface area contributed by atoms with Crippen molar-refractivity contribution in [1.82, 2.24) is 0 Å². The number of fused-ring (bicyclic) bond motifs is 3. The van der Waals surface area contributed by atoms with Crippen LogP contribution in [0.15, 0.2) is 81.7 Å². The molecule has 3 aromatic carbocycles. The van der Waals surface area contributed by atoms with Crippen molar-refractivity contribution in [3.63, 3.8) is 0 Å².